The predicted molar refractivity (Wildman–Crippen MR) is 92.2 cm³/mol. The molecule has 0 fully saturated rings. The fourth-order valence-corrected chi connectivity index (χ4v) is 2.87. The van der Waals surface area contributed by atoms with Crippen LogP contribution in [0.25, 0.3) is 11.0 Å². The van der Waals surface area contributed by atoms with Gasteiger partial charge in [0.1, 0.15) is 12.3 Å². The number of furan rings is 1. The van der Waals surface area contributed by atoms with Gasteiger partial charge >= 0.3 is 6.18 Å². The third-order valence-corrected chi connectivity index (χ3v) is 4.00. The first-order valence-corrected chi connectivity index (χ1v) is 8.39. The average Bonchev–Trinajstić information content (AvgIpc) is 3.20. The Hall–Kier alpha value is -2.84. The number of carbonyl (C=O) groups is 1. The highest BCUT2D eigenvalue weighted by Gasteiger charge is 2.34. The van der Waals surface area contributed by atoms with Crippen LogP contribution in [0.2, 0.25) is 0 Å². The van der Waals surface area contributed by atoms with E-state index < -0.39 is 18.6 Å². The second-order valence-corrected chi connectivity index (χ2v) is 6.59. The lowest BCUT2D eigenvalue weighted by atomic mass is 10.1. The maximum atomic E-state index is 13.1. The first kappa shape index (κ1) is 18.9. The fourth-order valence-electron chi connectivity index (χ4n) is 2.87. The van der Waals surface area contributed by atoms with Crippen LogP contribution in [0.5, 0.6) is 0 Å². The third-order valence-electron chi connectivity index (χ3n) is 4.00. The Bertz CT molecular complexity index is 946. The Labute approximate surface area is 153 Å². The molecule has 0 radical (unpaired) electrons. The molecule has 144 valence electrons. The fraction of sp³-hybridized carbons (Fsp3) is 0.389. The standard InChI is InChI=1S/C18H19F3N4O2/c1-11(2)25-16-15(8-22-25)14(7-12(3)23-16)17(26)24(10-18(19,20)21)9-13-5-4-6-27-13/h4-8,11H,9-10H2,1-3H3. The zero-order valence-corrected chi connectivity index (χ0v) is 15.1. The van der Waals surface area contributed by atoms with Gasteiger partial charge < -0.3 is 9.32 Å². The summed E-state index contributed by atoms with van der Waals surface area (Å²) < 4.78 is 45.9. The Morgan fingerprint density at radius 1 is 1.37 bits per heavy atom. The summed E-state index contributed by atoms with van der Waals surface area (Å²) in [6, 6.07) is 4.57. The van der Waals surface area contributed by atoms with Crippen molar-refractivity contribution in [2.45, 2.75) is 39.5 Å². The molecule has 27 heavy (non-hydrogen) atoms. The van der Waals surface area contributed by atoms with Gasteiger partial charge in [-0.05, 0) is 39.0 Å². The highest BCUT2D eigenvalue weighted by Crippen LogP contribution is 2.25. The summed E-state index contributed by atoms with van der Waals surface area (Å²) in [5.41, 5.74) is 1.14. The molecule has 9 heteroatoms. The summed E-state index contributed by atoms with van der Waals surface area (Å²) in [6.07, 6.45) is -1.72. The van der Waals surface area contributed by atoms with Crippen LogP contribution in [-0.2, 0) is 6.54 Å². The van der Waals surface area contributed by atoms with Gasteiger partial charge in [0.2, 0.25) is 0 Å². The van der Waals surface area contributed by atoms with E-state index in [9.17, 15) is 18.0 Å². The first-order chi connectivity index (χ1) is 12.7. The van der Waals surface area contributed by atoms with Crippen LogP contribution in [0, 0.1) is 6.92 Å². The highest BCUT2D eigenvalue weighted by molar-refractivity contribution is 6.05. The Balaban J connectivity index is 2.05. The van der Waals surface area contributed by atoms with Crippen molar-refractivity contribution in [1.29, 1.82) is 0 Å². The van der Waals surface area contributed by atoms with E-state index in [0.717, 1.165) is 4.90 Å². The van der Waals surface area contributed by atoms with Crippen molar-refractivity contribution in [3.05, 3.63) is 47.7 Å². The van der Waals surface area contributed by atoms with Gasteiger partial charge in [0.25, 0.3) is 5.91 Å². The van der Waals surface area contributed by atoms with Crippen molar-refractivity contribution < 1.29 is 22.4 Å². The molecule has 0 aliphatic heterocycles. The SMILES string of the molecule is Cc1cc(C(=O)N(Cc2ccco2)CC(F)(F)F)c2cnn(C(C)C)c2n1. The monoisotopic (exact) mass is 380 g/mol. The van der Waals surface area contributed by atoms with Crippen molar-refractivity contribution in [3.63, 3.8) is 0 Å². The quantitative estimate of drug-likeness (QED) is 0.668. The summed E-state index contributed by atoms with van der Waals surface area (Å²) in [4.78, 5) is 18.1. The molecular weight excluding hydrogens is 361 g/mol. The minimum absolute atomic E-state index is 0.00542. The van der Waals surface area contributed by atoms with E-state index in [1.165, 1.54) is 24.6 Å². The molecule has 0 saturated heterocycles. The summed E-state index contributed by atoms with van der Waals surface area (Å²) in [5, 5.41) is 4.65. The Morgan fingerprint density at radius 2 is 2.11 bits per heavy atom. The number of amides is 1. The first-order valence-electron chi connectivity index (χ1n) is 8.39. The Morgan fingerprint density at radius 3 is 2.70 bits per heavy atom. The maximum Gasteiger partial charge on any atom is 0.406 e. The molecule has 0 spiro atoms. The molecule has 0 saturated carbocycles. The van der Waals surface area contributed by atoms with E-state index in [0.29, 0.717) is 16.7 Å². The number of pyridine rings is 1. The minimum Gasteiger partial charge on any atom is -0.467 e. The van der Waals surface area contributed by atoms with E-state index in [-0.39, 0.29) is 23.9 Å². The molecule has 0 unspecified atom stereocenters. The molecule has 6 nitrogen and oxygen atoms in total. The predicted octanol–water partition coefficient (Wildman–Crippen LogP) is 4.12. The summed E-state index contributed by atoms with van der Waals surface area (Å²) in [5.74, 6) is -0.477. The van der Waals surface area contributed by atoms with Crippen LogP contribution in [0.3, 0.4) is 0 Å². The van der Waals surface area contributed by atoms with Crippen molar-refractivity contribution in [2.24, 2.45) is 0 Å². The molecule has 3 aromatic heterocycles. The third kappa shape index (κ3) is 4.12. The molecule has 3 heterocycles. The smallest absolute Gasteiger partial charge is 0.406 e. The number of nitrogens with zero attached hydrogens (tertiary/aromatic N) is 4. The normalized spacial score (nSPS) is 12.1. The van der Waals surface area contributed by atoms with Crippen LogP contribution in [-0.4, -0.2) is 38.3 Å². The van der Waals surface area contributed by atoms with Crippen molar-refractivity contribution in [3.8, 4) is 0 Å². The second-order valence-electron chi connectivity index (χ2n) is 6.59. The zero-order chi connectivity index (χ0) is 19.8. The molecule has 3 rings (SSSR count). The molecular formula is C18H19F3N4O2. The van der Waals surface area contributed by atoms with Gasteiger partial charge in [-0.2, -0.15) is 18.3 Å². The maximum absolute atomic E-state index is 13.1. The number of halogens is 3. The van der Waals surface area contributed by atoms with Gasteiger partial charge in [0.15, 0.2) is 5.65 Å². The topological polar surface area (TPSA) is 64.2 Å². The summed E-state index contributed by atoms with van der Waals surface area (Å²) in [7, 11) is 0. The number of hydrogen-bond donors (Lipinski definition) is 0. The van der Waals surface area contributed by atoms with Gasteiger partial charge in [0, 0.05) is 11.7 Å². The lowest BCUT2D eigenvalue weighted by Crippen LogP contribution is -2.38. The van der Waals surface area contributed by atoms with E-state index in [1.807, 2.05) is 13.8 Å². The molecule has 0 N–H and O–H groups in total. The lowest BCUT2D eigenvalue weighted by molar-refractivity contribution is -0.142. The molecule has 3 aromatic rings. The summed E-state index contributed by atoms with van der Waals surface area (Å²) in [6.45, 7) is 3.84. The largest absolute Gasteiger partial charge is 0.467 e. The molecule has 0 atom stereocenters. The molecule has 0 aliphatic carbocycles. The molecule has 0 bridgehead atoms. The number of carbonyl (C=O) groups excluding carboxylic acids is 1. The van der Waals surface area contributed by atoms with Crippen molar-refractivity contribution in [1.82, 2.24) is 19.7 Å². The van der Waals surface area contributed by atoms with Gasteiger partial charge in [-0.25, -0.2) is 9.67 Å². The van der Waals surface area contributed by atoms with Crippen LogP contribution >= 0.6 is 0 Å². The average molecular weight is 380 g/mol. The number of fused-ring (bicyclic) bond motifs is 1. The number of alkyl halides is 3. The van der Waals surface area contributed by atoms with E-state index in [1.54, 1.807) is 17.7 Å². The molecule has 0 aliphatic rings. The van der Waals surface area contributed by atoms with Gasteiger partial charge in [-0.3, -0.25) is 4.79 Å². The van der Waals surface area contributed by atoms with E-state index >= 15 is 0 Å². The van der Waals surface area contributed by atoms with Gasteiger partial charge in [-0.1, -0.05) is 0 Å². The van der Waals surface area contributed by atoms with Crippen LogP contribution in [0.4, 0.5) is 13.2 Å². The zero-order valence-electron chi connectivity index (χ0n) is 15.1. The minimum atomic E-state index is -4.54. The van der Waals surface area contributed by atoms with Gasteiger partial charge in [-0.15, -0.1) is 0 Å². The number of aromatic nitrogens is 3. The second kappa shape index (κ2) is 7.05. The van der Waals surface area contributed by atoms with Crippen molar-refractivity contribution >= 4 is 16.9 Å². The highest BCUT2D eigenvalue weighted by atomic mass is 19.4. The number of aryl methyl sites for hydroxylation is 1. The van der Waals surface area contributed by atoms with Crippen LogP contribution in [0.1, 0.15) is 41.7 Å². The van der Waals surface area contributed by atoms with E-state index in [2.05, 4.69) is 10.1 Å². The number of hydrogen-bond acceptors (Lipinski definition) is 4. The van der Waals surface area contributed by atoms with E-state index in [4.69, 9.17) is 4.42 Å². The number of rotatable bonds is 5. The molecule has 1 amide bonds. The Kier molecular flexibility index (Phi) is 4.95. The van der Waals surface area contributed by atoms with Crippen LogP contribution < -0.4 is 0 Å². The van der Waals surface area contributed by atoms with Crippen molar-refractivity contribution in [2.75, 3.05) is 6.54 Å². The van der Waals surface area contributed by atoms with Crippen LogP contribution in [0.15, 0.2) is 35.1 Å². The molecule has 0 aromatic carbocycles. The summed E-state index contributed by atoms with van der Waals surface area (Å²) >= 11 is 0. The van der Waals surface area contributed by atoms with Gasteiger partial charge in [0.05, 0.1) is 30.0 Å². The lowest BCUT2D eigenvalue weighted by Gasteiger charge is -2.23.